The lowest BCUT2D eigenvalue weighted by Crippen LogP contribution is -1.74. The summed E-state index contributed by atoms with van der Waals surface area (Å²) in [5, 5.41) is 0. The molecule has 0 radical (unpaired) electrons. The quantitative estimate of drug-likeness (QED) is 0.433. The van der Waals surface area contributed by atoms with Crippen molar-refractivity contribution in [2.45, 2.75) is 13.8 Å². The van der Waals surface area contributed by atoms with Gasteiger partial charge in [0, 0.05) is 6.21 Å². The van der Waals surface area contributed by atoms with Gasteiger partial charge in [0.2, 0.25) is 0 Å². The number of hydrogen-bond donors (Lipinski definition) is 0. The van der Waals surface area contributed by atoms with E-state index in [-0.39, 0.29) is 0 Å². The Kier molecular flexibility index (Phi) is 1.66. The lowest BCUT2D eigenvalue weighted by molar-refractivity contribution is 1.37. The zero-order chi connectivity index (χ0) is 6.69. The molecule has 0 spiro atoms. The van der Waals surface area contributed by atoms with Crippen molar-refractivity contribution in [1.82, 2.24) is 0 Å². The number of rotatable bonds is 0. The fourth-order valence-electron chi connectivity index (χ4n) is 0.571. The van der Waals surface area contributed by atoms with Gasteiger partial charge >= 0.3 is 0 Å². The minimum atomic E-state index is 1.16. The van der Waals surface area contributed by atoms with Crippen LogP contribution >= 0.6 is 0 Å². The lowest BCUT2D eigenvalue weighted by atomic mass is 10.1. The van der Waals surface area contributed by atoms with Gasteiger partial charge in [0.15, 0.2) is 0 Å². The van der Waals surface area contributed by atoms with Gasteiger partial charge in [-0.15, -0.1) is 0 Å². The zero-order valence-corrected chi connectivity index (χ0v) is 5.68. The van der Waals surface area contributed by atoms with Gasteiger partial charge in [0.25, 0.3) is 0 Å². The third-order valence-electron chi connectivity index (χ3n) is 1.36. The third-order valence-corrected chi connectivity index (χ3v) is 1.36. The molecule has 1 aliphatic rings. The summed E-state index contributed by atoms with van der Waals surface area (Å²) in [6.45, 7) is 4.07. The Morgan fingerprint density at radius 3 is 3.00 bits per heavy atom. The molecule has 1 rings (SSSR count). The van der Waals surface area contributed by atoms with Crippen LogP contribution in [0.3, 0.4) is 0 Å². The second kappa shape index (κ2) is 2.47. The number of hydrogen-bond acceptors (Lipinski definition) is 1. The molecule has 0 saturated carbocycles. The topological polar surface area (TPSA) is 12.4 Å². The van der Waals surface area contributed by atoms with Crippen molar-refractivity contribution in [2.75, 3.05) is 0 Å². The monoisotopic (exact) mass is 119 g/mol. The Hall–Kier alpha value is -1.07. The Labute approximate surface area is 55.1 Å². The van der Waals surface area contributed by atoms with Gasteiger partial charge in [-0.1, -0.05) is 5.73 Å². The summed E-state index contributed by atoms with van der Waals surface area (Å²) < 4.78 is 0. The molecule has 0 amide bonds. The average molecular weight is 119 g/mol. The van der Waals surface area contributed by atoms with E-state index in [2.05, 4.69) is 10.7 Å². The standard InChI is InChI=1S/C8H9N/c1-7-3-5-9-6-4-8(7)2/h3,5-6H,1-2H3. The fourth-order valence-corrected chi connectivity index (χ4v) is 0.571. The van der Waals surface area contributed by atoms with Gasteiger partial charge in [-0.2, -0.15) is 0 Å². The maximum Gasteiger partial charge on any atom is 0.0689 e. The van der Waals surface area contributed by atoms with Gasteiger partial charge in [0.1, 0.15) is 0 Å². The predicted octanol–water partition coefficient (Wildman–Crippen LogP) is 2.08. The second-order valence-corrected chi connectivity index (χ2v) is 2.05. The van der Waals surface area contributed by atoms with Crippen LogP contribution in [0.4, 0.5) is 0 Å². The molecule has 0 atom stereocenters. The van der Waals surface area contributed by atoms with Gasteiger partial charge in [-0.25, -0.2) is 0 Å². The summed E-state index contributed by atoms with van der Waals surface area (Å²) in [5.74, 6) is 0. The van der Waals surface area contributed by atoms with E-state index in [1.165, 1.54) is 5.57 Å². The highest BCUT2D eigenvalue weighted by Gasteiger charge is 1.89. The number of allylic oxidation sites excluding steroid dienone is 3. The molecule has 1 nitrogen and oxygen atoms in total. The van der Waals surface area contributed by atoms with Crippen molar-refractivity contribution in [3.05, 3.63) is 29.2 Å². The largest absolute Gasteiger partial charge is 0.256 e. The van der Waals surface area contributed by atoms with E-state index >= 15 is 0 Å². The molecule has 0 unspecified atom stereocenters. The van der Waals surface area contributed by atoms with E-state index in [1.54, 1.807) is 12.4 Å². The maximum atomic E-state index is 3.91. The Morgan fingerprint density at radius 1 is 1.44 bits per heavy atom. The summed E-state index contributed by atoms with van der Waals surface area (Å²) in [4.78, 5) is 3.91. The van der Waals surface area contributed by atoms with Crippen LogP contribution in [0.15, 0.2) is 34.1 Å². The first-order valence-corrected chi connectivity index (χ1v) is 2.93. The molecular formula is C8H9N. The van der Waals surface area contributed by atoms with Gasteiger partial charge in [-0.3, -0.25) is 4.99 Å². The molecule has 0 saturated heterocycles. The number of nitrogens with zero attached hydrogens (tertiary/aromatic N) is 1. The van der Waals surface area contributed by atoms with Gasteiger partial charge < -0.3 is 0 Å². The van der Waals surface area contributed by atoms with Crippen molar-refractivity contribution in [1.29, 1.82) is 0 Å². The Balaban J connectivity index is 3.06. The van der Waals surface area contributed by atoms with Crippen molar-refractivity contribution in [3.63, 3.8) is 0 Å². The van der Waals surface area contributed by atoms with Crippen LogP contribution < -0.4 is 0 Å². The van der Waals surface area contributed by atoms with E-state index in [1.807, 2.05) is 19.9 Å². The summed E-state index contributed by atoms with van der Waals surface area (Å²) in [6, 6.07) is 0. The third kappa shape index (κ3) is 1.41. The molecule has 0 aromatic carbocycles. The van der Waals surface area contributed by atoms with Crippen molar-refractivity contribution in [2.24, 2.45) is 4.99 Å². The molecular weight excluding hydrogens is 110 g/mol. The van der Waals surface area contributed by atoms with Crippen LogP contribution in [0.2, 0.25) is 0 Å². The van der Waals surface area contributed by atoms with Crippen LogP contribution in [0, 0.1) is 0 Å². The van der Waals surface area contributed by atoms with Gasteiger partial charge in [-0.05, 0) is 31.1 Å². The van der Waals surface area contributed by atoms with Crippen LogP contribution in [0.25, 0.3) is 0 Å². The Bertz CT molecular complexity index is 225. The van der Waals surface area contributed by atoms with Crippen LogP contribution in [0.1, 0.15) is 13.8 Å². The minimum Gasteiger partial charge on any atom is -0.256 e. The molecule has 1 aliphatic heterocycles. The van der Waals surface area contributed by atoms with Crippen LogP contribution in [0.5, 0.6) is 0 Å². The summed E-state index contributed by atoms with van der Waals surface area (Å²) >= 11 is 0. The Morgan fingerprint density at radius 2 is 2.22 bits per heavy atom. The first-order chi connectivity index (χ1) is 4.30. The predicted molar refractivity (Wildman–Crippen MR) is 39.5 cm³/mol. The maximum absolute atomic E-state index is 3.91. The number of aliphatic imine (C=N–C) groups is 1. The first kappa shape index (κ1) is 6.06. The summed E-state index contributed by atoms with van der Waals surface area (Å²) in [7, 11) is 0. The van der Waals surface area contributed by atoms with Crippen molar-refractivity contribution in [3.8, 4) is 0 Å². The van der Waals surface area contributed by atoms with Crippen LogP contribution in [-0.4, -0.2) is 6.21 Å². The first-order valence-electron chi connectivity index (χ1n) is 2.93. The van der Waals surface area contributed by atoms with E-state index in [0.717, 1.165) is 5.57 Å². The summed E-state index contributed by atoms with van der Waals surface area (Å²) in [5.41, 5.74) is 5.41. The highest BCUT2D eigenvalue weighted by atomic mass is 14.7. The molecule has 0 aliphatic carbocycles. The zero-order valence-electron chi connectivity index (χ0n) is 5.68. The molecule has 1 heterocycles. The minimum absolute atomic E-state index is 1.16. The molecule has 0 aromatic heterocycles. The average Bonchev–Trinajstić information content (AvgIpc) is 1.99. The SMILES string of the molecule is CC1=C=CN=CC=C1C. The van der Waals surface area contributed by atoms with Crippen molar-refractivity contribution >= 4 is 6.21 Å². The molecule has 9 heavy (non-hydrogen) atoms. The normalized spacial score (nSPS) is 16.7. The molecule has 46 valence electrons. The highest BCUT2D eigenvalue weighted by molar-refractivity contribution is 5.74. The molecule has 0 fully saturated rings. The van der Waals surface area contributed by atoms with Crippen LogP contribution in [-0.2, 0) is 0 Å². The smallest absolute Gasteiger partial charge is 0.0689 e. The van der Waals surface area contributed by atoms with Crippen molar-refractivity contribution < 1.29 is 0 Å². The van der Waals surface area contributed by atoms with E-state index in [0.29, 0.717) is 0 Å². The van der Waals surface area contributed by atoms with E-state index < -0.39 is 0 Å². The second-order valence-electron chi connectivity index (χ2n) is 2.05. The molecule has 0 N–H and O–H groups in total. The summed E-state index contributed by atoms with van der Waals surface area (Å²) in [6.07, 6.45) is 5.44. The highest BCUT2D eigenvalue weighted by Crippen LogP contribution is 2.06. The molecule has 0 bridgehead atoms. The molecule has 1 heteroatoms. The van der Waals surface area contributed by atoms with E-state index in [4.69, 9.17) is 0 Å². The van der Waals surface area contributed by atoms with E-state index in [9.17, 15) is 0 Å². The molecule has 0 aromatic rings. The van der Waals surface area contributed by atoms with Gasteiger partial charge in [0.05, 0.1) is 6.20 Å². The lowest BCUT2D eigenvalue weighted by Gasteiger charge is -1.90. The fraction of sp³-hybridized carbons (Fsp3) is 0.250.